The Hall–Kier alpha value is -1.95. The molecule has 0 radical (unpaired) electrons. The molecule has 2 N–H and O–H groups in total. The maximum Gasteiger partial charge on any atom is 0.338 e. The van der Waals surface area contributed by atoms with Gasteiger partial charge in [0.2, 0.25) is 0 Å². The standard InChI is InChI=1S/C40H60O9S/c1-23(2)30(47-21-45-22-50-12)34(42)48-27-18-40(44)32(49-33(41)26-16-14-13-15-17-26)31-38(11,35(5,6)19-28-39(31,43)20-46-28)36(7,8)25(4)29(24(27)3)37(40,9)10/h13-17,23,25,27-28,30-32,43-44H,18-22H2,1-12H3/t25-,27?,28?,30?,31?,32?,38+,39?,40?/m1/s1. The molecule has 1 aliphatic heterocycles. The number of carbonyl (C=O) groups excluding carboxylic acids is 2. The van der Waals surface area contributed by atoms with E-state index < -0.39 is 75.1 Å². The van der Waals surface area contributed by atoms with Crippen molar-refractivity contribution in [3.8, 4) is 0 Å². The van der Waals surface area contributed by atoms with Crippen LogP contribution in [-0.4, -0.2) is 83.4 Å². The van der Waals surface area contributed by atoms with Crippen molar-refractivity contribution in [1.82, 2.24) is 0 Å². The van der Waals surface area contributed by atoms with Crippen molar-refractivity contribution >= 4 is 23.7 Å². The third kappa shape index (κ3) is 5.79. The fraction of sp³-hybridized carbons (Fsp3) is 0.750. The number of aliphatic hydroxyl groups is 2. The fourth-order valence-corrected chi connectivity index (χ4v) is 10.6. The molecule has 5 rings (SSSR count). The van der Waals surface area contributed by atoms with Crippen molar-refractivity contribution in [2.24, 2.45) is 39.4 Å². The van der Waals surface area contributed by atoms with Crippen LogP contribution in [0.5, 0.6) is 0 Å². The highest BCUT2D eigenvalue weighted by atomic mass is 32.2. The second-order valence-corrected chi connectivity index (χ2v) is 18.3. The second kappa shape index (κ2) is 13.5. The summed E-state index contributed by atoms with van der Waals surface area (Å²) in [5.74, 6) is -1.77. The lowest BCUT2D eigenvalue weighted by molar-refractivity contribution is -0.373. The van der Waals surface area contributed by atoms with Crippen molar-refractivity contribution in [2.75, 3.05) is 25.6 Å². The van der Waals surface area contributed by atoms with Gasteiger partial charge in [0.15, 0.2) is 6.10 Å². The number of carbonyl (C=O) groups is 2. The normalized spacial score (nSPS) is 37.4. The summed E-state index contributed by atoms with van der Waals surface area (Å²) in [6.07, 6.45) is -0.918. The Morgan fingerprint density at radius 2 is 1.64 bits per heavy atom. The van der Waals surface area contributed by atoms with Gasteiger partial charge >= 0.3 is 11.9 Å². The largest absolute Gasteiger partial charge is 0.456 e. The fourth-order valence-electron chi connectivity index (χ4n) is 10.4. The van der Waals surface area contributed by atoms with E-state index in [0.29, 0.717) is 17.9 Å². The lowest BCUT2D eigenvalue weighted by Gasteiger charge is -2.74. The quantitative estimate of drug-likeness (QED) is 0.116. The van der Waals surface area contributed by atoms with Crippen molar-refractivity contribution in [2.45, 2.75) is 125 Å². The lowest BCUT2D eigenvalue weighted by atomic mass is 9.34. The summed E-state index contributed by atoms with van der Waals surface area (Å²) >= 11 is 1.51. The maximum absolute atomic E-state index is 14.2. The minimum Gasteiger partial charge on any atom is -0.456 e. The molecular weight excluding hydrogens is 656 g/mol. The highest BCUT2D eigenvalue weighted by molar-refractivity contribution is 7.98. The highest BCUT2D eigenvalue weighted by Crippen LogP contribution is 2.74. The van der Waals surface area contributed by atoms with Gasteiger partial charge in [0, 0.05) is 17.8 Å². The summed E-state index contributed by atoms with van der Waals surface area (Å²) in [6, 6.07) is 8.76. The van der Waals surface area contributed by atoms with Crippen LogP contribution in [0.4, 0.5) is 0 Å². The molecule has 0 spiro atoms. The molecule has 9 atom stereocenters. The van der Waals surface area contributed by atoms with Gasteiger partial charge in [0.1, 0.15) is 30.2 Å². The lowest BCUT2D eigenvalue weighted by Crippen LogP contribution is -2.81. The van der Waals surface area contributed by atoms with Gasteiger partial charge in [0.05, 0.1) is 24.2 Å². The zero-order valence-corrected chi connectivity index (χ0v) is 32.9. The van der Waals surface area contributed by atoms with Crippen LogP contribution >= 0.6 is 11.8 Å². The van der Waals surface area contributed by atoms with E-state index in [0.717, 1.165) is 11.1 Å². The number of esters is 2. The Morgan fingerprint density at radius 3 is 2.20 bits per heavy atom. The van der Waals surface area contributed by atoms with Crippen LogP contribution in [0.2, 0.25) is 0 Å². The average Bonchev–Trinajstić information content (AvgIpc) is 3.04. The van der Waals surface area contributed by atoms with Crippen LogP contribution in [-0.2, 0) is 28.5 Å². The van der Waals surface area contributed by atoms with Crippen LogP contribution in [0.15, 0.2) is 41.5 Å². The van der Waals surface area contributed by atoms with Gasteiger partial charge in [-0.15, -0.1) is 11.8 Å². The number of fused-ring (bicyclic) bond motifs is 5. The zero-order chi connectivity index (χ0) is 37.2. The molecule has 280 valence electrons. The number of benzene rings is 1. The Morgan fingerprint density at radius 1 is 1.00 bits per heavy atom. The van der Waals surface area contributed by atoms with E-state index in [1.165, 1.54) is 11.8 Å². The monoisotopic (exact) mass is 716 g/mol. The Balaban J connectivity index is 1.71. The van der Waals surface area contributed by atoms with Gasteiger partial charge in [-0.2, -0.15) is 0 Å². The number of hydrogen-bond donors (Lipinski definition) is 2. The van der Waals surface area contributed by atoms with E-state index in [1.807, 2.05) is 46.9 Å². The molecule has 2 saturated carbocycles. The van der Waals surface area contributed by atoms with Crippen LogP contribution in [0.1, 0.15) is 99.4 Å². The van der Waals surface area contributed by atoms with Gasteiger partial charge in [0.25, 0.3) is 0 Å². The molecule has 9 nitrogen and oxygen atoms in total. The number of hydrogen-bond acceptors (Lipinski definition) is 10. The minimum absolute atomic E-state index is 0.0383. The number of thioether (sulfide) groups is 1. The summed E-state index contributed by atoms with van der Waals surface area (Å²) in [4.78, 5) is 28.1. The molecule has 0 amide bonds. The first kappa shape index (κ1) is 39.3. The third-order valence-electron chi connectivity index (χ3n) is 14.0. The smallest absolute Gasteiger partial charge is 0.338 e. The first-order valence-electron chi connectivity index (χ1n) is 18.1. The first-order valence-corrected chi connectivity index (χ1v) is 19.4. The Labute approximate surface area is 303 Å². The van der Waals surface area contributed by atoms with Gasteiger partial charge in [-0.05, 0) is 65.4 Å². The molecule has 1 aromatic rings. The van der Waals surface area contributed by atoms with Crippen molar-refractivity contribution in [3.05, 3.63) is 47.0 Å². The van der Waals surface area contributed by atoms with E-state index in [1.54, 1.807) is 24.3 Å². The van der Waals surface area contributed by atoms with Crippen LogP contribution in [0, 0.1) is 39.4 Å². The number of rotatable bonds is 10. The van der Waals surface area contributed by atoms with Gasteiger partial charge in [-0.3, -0.25) is 0 Å². The molecular formula is C40H60O9S. The van der Waals surface area contributed by atoms with Gasteiger partial charge in [-0.1, -0.05) is 93.0 Å². The van der Waals surface area contributed by atoms with E-state index in [2.05, 4.69) is 41.5 Å². The summed E-state index contributed by atoms with van der Waals surface area (Å²) in [5.41, 5.74) is -3.52. The van der Waals surface area contributed by atoms with E-state index in [9.17, 15) is 19.8 Å². The summed E-state index contributed by atoms with van der Waals surface area (Å²) in [6.45, 7) is 23.1. The number of ether oxygens (including phenoxy) is 5. The predicted molar refractivity (Wildman–Crippen MR) is 193 cm³/mol. The first-order chi connectivity index (χ1) is 23.1. The molecule has 3 aliphatic carbocycles. The van der Waals surface area contributed by atoms with E-state index in [-0.39, 0.29) is 31.7 Å². The predicted octanol–water partition coefficient (Wildman–Crippen LogP) is 6.80. The van der Waals surface area contributed by atoms with Crippen LogP contribution in [0.25, 0.3) is 0 Å². The molecule has 7 unspecified atom stereocenters. The van der Waals surface area contributed by atoms with Crippen molar-refractivity contribution in [1.29, 1.82) is 0 Å². The molecule has 3 fully saturated rings. The SMILES string of the molecule is CSCOCOC(C(=O)OC1CC2(O)C(OC(=O)c3ccccc3)C3C4(O)COC4CC(C)(C)[C@@]3(C)C(C)(C)[C@H](C)C(=C1C)C2(C)C)C(C)C. The molecule has 4 aliphatic rings. The van der Waals surface area contributed by atoms with Crippen molar-refractivity contribution < 1.29 is 43.5 Å². The van der Waals surface area contributed by atoms with E-state index >= 15 is 0 Å². The van der Waals surface area contributed by atoms with E-state index in [4.69, 9.17) is 23.7 Å². The zero-order valence-electron chi connectivity index (χ0n) is 32.1. The molecule has 50 heavy (non-hydrogen) atoms. The summed E-state index contributed by atoms with van der Waals surface area (Å²) < 4.78 is 30.4. The molecule has 1 aromatic carbocycles. The Bertz CT molecular complexity index is 1470. The van der Waals surface area contributed by atoms with Gasteiger partial charge < -0.3 is 33.9 Å². The summed E-state index contributed by atoms with van der Waals surface area (Å²) in [7, 11) is 0. The van der Waals surface area contributed by atoms with Crippen LogP contribution in [0.3, 0.4) is 0 Å². The topological polar surface area (TPSA) is 121 Å². The minimum atomic E-state index is -1.77. The second-order valence-electron chi connectivity index (χ2n) is 17.5. The third-order valence-corrected chi connectivity index (χ3v) is 14.4. The van der Waals surface area contributed by atoms with Crippen LogP contribution < -0.4 is 0 Å². The Kier molecular flexibility index (Phi) is 10.6. The van der Waals surface area contributed by atoms with Crippen molar-refractivity contribution in [3.63, 3.8) is 0 Å². The molecule has 0 aromatic heterocycles. The molecule has 10 heteroatoms. The maximum atomic E-state index is 14.2. The summed E-state index contributed by atoms with van der Waals surface area (Å²) in [5, 5.41) is 26.3. The molecule has 2 bridgehead atoms. The molecule has 1 heterocycles. The average molecular weight is 717 g/mol. The van der Waals surface area contributed by atoms with Gasteiger partial charge in [-0.25, -0.2) is 9.59 Å². The molecule has 1 saturated heterocycles. The highest BCUT2D eigenvalue weighted by Gasteiger charge is 2.78.